The molecule has 0 spiro atoms. The van der Waals surface area contributed by atoms with Gasteiger partial charge in [-0.2, -0.15) is 4.98 Å². The molecule has 1 saturated carbocycles. The van der Waals surface area contributed by atoms with Crippen molar-refractivity contribution in [1.82, 2.24) is 4.98 Å². The number of ether oxygens (including phenoxy) is 1. The van der Waals surface area contributed by atoms with Gasteiger partial charge in [0.2, 0.25) is 0 Å². The van der Waals surface area contributed by atoms with Crippen molar-refractivity contribution in [3.8, 4) is 6.08 Å². The number of hydrogen-bond donors (Lipinski definition) is 0. The van der Waals surface area contributed by atoms with Gasteiger partial charge in [-0.3, -0.25) is 0 Å². The smallest absolute Gasteiger partial charge is 0.394 e. The lowest BCUT2D eigenvalue weighted by Gasteiger charge is -2.20. The molecule has 84 valence electrons. The Morgan fingerprint density at radius 2 is 1.94 bits per heavy atom. The van der Waals surface area contributed by atoms with Crippen molar-refractivity contribution in [2.45, 2.75) is 38.2 Å². The van der Waals surface area contributed by atoms with Gasteiger partial charge < -0.3 is 9.15 Å². The summed E-state index contributed by atoms with van der Waals surface area (Å²) < 4.78 is 11.3. The van der Waals surface area contributed by atoms with Crippen molar-refractivity contribution in [1.29, 1.82) is 0 Å². The number of nitrogens with zero attached hydrogens (tertiary/aromatic N) is 1. The van der Waals surface area contributed by atoms with Gasteiger partial charge in [-0.05, 0) is 37.8 Å². The second kappa shape index (κ2) is 4.16. The Morgan fingerprint density at radius 1 is 1.12 bits per heavy atom. The van der Waals surface area contributed by atoms with Gasteiger partial charge in [-0.1, -0.05) is 18.6 Å². The zero-order valence-electron chi connectivity index (χ0n) is 9.19. The van der Waals surface area contributed by atoms with Gasteiger partial charge in [0.05, 0.1) is 0 Å². The maximum Gasteiger partial charge on any atom is 0.394 e. The Bertz CT molecular complexity index is 438. The van der Waals surface area contributed by atoms with Crippen LogP contribution < -0.4 is 4.74 Å². The van der Waals surface area contributed by atoms with Gasteiger partial charge >= 0.3 is 6.08 Å². The van der Waals surface area contributed by atoms with Crippen LogP contribution in [0.15, 0.2) is 28.7 Å². The van der Waals surface area contributed by atoms with Gasteiger partial charge in [0.15, 0.2) is 5.58 Å². The quantitative estimate of drug-likeness (QED) is 0.771. The molecule has 1 aliphatic rings. The maximum absolute atomic E-state index is 5.76. The average Bonchev–Trinajstić information content (AvgIpc) is 2.72. The molecule has 1 fully saturated rings. The molecular formula is C13H15NO2. The molecule has 3 nitrogen and oxygen atoms in total. The lowest BCUT2D eigenvalue weighted by Crippen LogP contribution is -2.19. The van der Waals surface area contributed by atoms with Crippen LogP contribution in [0.3, 0.4) is 0 Å². The van der Waals surface area contributed by atoms with E-state index in [1.807, 2.05) is 24.3 Å². The SMILES string of the molecule is c1ccc2oc(OC3CCCCC3)nc2c1. The molecule has 2 aromatic rings. The van der Waals surface area contributed by atoms with E-state index in [0.717, 1.165) is 23.9 Å². The monoisotopic (exact) mass is 217 g/mol. The average molecular weight is 217 g/mol. The van der Waals surface area contributed by atoms with Gasteiger partial charge in [-0.25, -0.2) is 0 Å². The Morgan fingerprint density at radius 3 is 2.75 bits per heavy atom. The molecule has 0 radical (unpaired) electrons. The number of para-hydroxylation sites is 2. The van der Waals surface area contributed by atoms with E-state index in [1.165, 1.54) is 19.3 Å². The predicted octanol–water partition coefficient (Wildman–Crippen LogP) is 3.54. The second-order valence-electron chi connectivity index (χ2n) is 4.33. The lowest BCUT2D eigenvalue weighted by molar-refractivity contribution is 0.115. The van der Waals surface area contributed by atoms with Crippen molar-refractivity contribution in [2.75, 3.05) is 0 Å². The summed E-state index contributed by atoms with van der Waals surface area (Å²) in [6, 6.07) is 7.75. The van der Waals surface area contributed by atoms with Crippen LogP contribution in [0.1, 0.15) is 32.1 Å². The largest absolute Gasteiger partial charge is 0.447 e. The first kappa shape index (κ1) is 9.70. The first-order chi connectivity index (χ1) is 7.92. The highest BCUT2D eigenvalue weighted by atomic mass is 16.6. The minimum absolute atomic E-state index is 0.293. The Labute approximate surface area is 94.4 Å². The molecule has 1 aromatic carbocycles. The van der Waals surface area contributed by atoms with Gasteiger partial charge in [0.25, 0.3) is 0 Å². The van der Waals surface area contributed by atoms with Crippen LogP contribution in [-0.2, 0) is 0 Å². The topological polar surface area (TPSA) is 35.3 Å². The van der Waals surface area contributed by atoms with E-state index in [9.17, 15) is 0 Å². The molecule has 0 saturated heterocycles. The number of fused-ring (bicyclic) bond motifs is 1. The van der Waals surface area contributed by atoms with E-state index in [-0.39, 0.29) is 0 Å². The maximum atomic E-state index is 5.76. The Balaban J connectivity index is 1.78. The number of oxazole rings is 1. The van der Waals surface area contributed by atoms with Crippen molar-refractivity contribution in [3.05, 3.63) is 24.3 Å². The summed E-state index contributed by atoms with van der Waals surface area (Å²) in [5, 5.41) is 0. The normalized spacial score (nSPS) is 17.8. The summed E-state index contributed by atoms with van der Waals surface area (Å²) in [6.45, 7) is 0. The molecule has 0 N–H and O–H groups in total. The fourth-order valence-electron chi connectivity index (χ4n) is 2.23. The molecule has 1 aliphatic carbocycles. The Kier molecular flexibility index (Phi) is 2.52. The van der Waals surface area contributed by atoms with Gasteiger partial charge in [0.1, 0.15) is 11.6 Å². The van der Waals surface area contributed by atoms with E-state index in [1.54, 1.807) is 0 Å². The second-order valence-corrected chi connectivity index (χ2v) is 4.33. The third kappa shape index (κ3) is 1.90. The summed E-state index contributed by atoms with van der Waals surface area (Å²) in [5.41, 5.74) is 1.67. The van der Waals surface area contributed by atoms with Crippen LogP contribution in [0.5, 0.6) is 6.08 Å². The highest BCUT2D eigenvalue weighted by Crippen LogP contribution is 2.25. The summed E-state index contributed by atoms with van der Waals surface area (Å²) >= 11 is 0. The lowest BCUT2D eigenvalue weighted by atomic mass is 9.98. The number of hydrogen-bond acceptors (Lipinski definition) is 3. The first-order valence-corrected chi connectivity index (χ1v) is 5.94. The van der Waals surface area contributed by atoms with Crippen LogP contribution >= 0.6 is 0 Å². The molecule has 1 aromatic heterocycles. The van der Waals surface area contributed by atoms with Crippen LogP contribution in [-0.4, -0.2) is 11.1 Å². The zero-order valence-corrected chi connectivity index (χ0v) is 9.19. The molecule has 0 bridgehead atoms. The molecule has 0 unspecified atom stereocenters. The van der Waals surface area contributed by atoms with Crippen molar-refractivity contribution < 1.29 is 9.15 Å². The van der Waals surface area contributed by atoms with Crippen LogP contribution in [0.4, 0.5) is 0 Å². The van der Waals surface area contributed by atoms with Crippen LogP contribution in [0, 0.1) is 0 Å². The first-order valence-electron chi connectivity index (χ1n) is 5.94. The van der Waals surface area contributed by atoms with Crippen molar-refractivity contribution in [2.24, 2.45) is 0 Å². The number of rotatable bonds is 2. The van der Waals surface area contributed by atoms with Gasteiger partial charge in [0, 0.05) is 0 Å². The van der Waals surface area contributed by atoms with Crippen LogP contribution in [0.25, 0.3) is 11.1 Å². The molecule has 0 amide bonds. The highest BCUT2D eigenvalue weighted by molar-refractivity contribution is 5.72. The van der Waals surface area contributed by atoms with E-state index < -0.39 is 0 Å². The predicted molar refractivity (Wildman–Crippen MR) is 61.5 cm³/mol. The Hall–Kier alpha value is -1.51. The van der Waals surface area contributed by atoms with E-state index in [0.29, 0.717) is 12.2 Å². The van der Waals surface area contributed by atoms with E-state index >= 15 is 0 Å². The minimum Gasteiger partial charge on any atom is -0.447 e. The summed E-state index contributed by atoms with van der Waals surface area (Å²) in [6.07, 6.45) is 6.80. The zero-order chi connectivity index (χ0) is 10.8. The summed E-state index contributed by atoms with van der Waals surface area (Å²) in [5.74, 6) is 0. The van der Waals surface area contributed by atoms with Crippen LogP contribution in [0.2, 0.25) is 0 Å². The molecule has 1 heterocycles. The molecular weight excluding hydrogens is 202 g/mol. The molecule has 0 atom stereocenters. The fraction of sp³-hybridized carbons (Fsp3) is 0.462. The molecule has 3 heteroatoms. The van der Waals surface area contributed by atoms with E-state index in [4.69, 9.17) is 9.15 Å². The standard InChI is InChI=1S/C13H15NO2/c1-2-6-10(7-3-1)15-13-14-11-8-4-5-9-12(11)16-13/h4-5,8-10H,1-3,6-7H2. The molecule has 3 rings (SSSR count). The number of benzene rings is 1. The molecule has 0 aliphatic heterocycles. The van der Waals surface area contributed by atoms with E-state index in [2.05, 4.69) is 4.98 Å². The highest BCUT2D eigenvalue weighted by Gasteiger charge is 2.17. The minimum atomic E-state index is 0.293. The van der Waals surface area contributed by atoms with Gasteiger partial charge in [-0.15, -0.1) is 0 Å². The summed E-state index contributed by atoms with van der Waals surface area (Å²) in [4.78, 5) is 4.32. The van der Waals surface area contributed by atoms with Crippen molar-refractivity contribution in [3.63, 3.8) is 0 Å². The third-order valence-electron chi connectivity index (χ3n) is 3.09. The molecule has 16 heavy (non-hydrogen) atoms. The summed E-state index contributed by atoms with van der Waals surface area (Å²) in [7, 11) is 0. The fourth-order valence-corrected chi connectivity index (χ4v) is 2.23. The van der Waals surface area contributed by atoms with Crippen molar-refractivity contribution >= 4 is 11.1 Å². The third-order valence-corrected chi connectivity index (χ3v) is 3.09. The number of aromatic nitrogens is 1.